The zero-order chi connectivity index (χ0) is 12.0. The molecule has 1 aliphatic rings. The van der Waals surface area contributed by atoms with Crippen LogP contribution in [-0.2, 0) is 4.79 Å². The number of likely N-dealkylation sites (tertiary alicyclic amines) is 1. The van der Waals surface area contributed by atoms with E-state index in [0.29, 0.717) is 12.5 Å². The summed E-state index contributed by atoms with van der Waals surface area (Å²) in [6.07, 6.45) is 5.06. The van der Waals surface area contributed by atoms with Crippen molar-refractivity contribution in [3.8, 4) is 0 Å². The fraction of sp³-hybridized carbons (Fsp3) is 0.917. The van der Waals surface area contributed by atoms with E-state index < -0.39 is 0 Å². The van der Waals surface area contributed by atoms with Gasteiger partial charge >= 0.3 is 0 Å². The van der Waals surface area contributed by atoms with Gasteiger partial charge in [-0.15, -0.1) is 0 Å². The van der Waals surface area contributed by atoms with E-state index in [1.165, 1.54) is 19.3 Å². The van der Waals surface area contributed by atoms with Crippen LogP contribution in [0.5, 0.6) is 0 Å². The SMILES string of the molecule is CCC(N)CC(=O)NCC1CCCCN1C. The Kier molecular flexibility index (Phi) is 5.77. The molecule has 1 fully saturated rings. The summed E-state index contributed by atoms with van der Waals surface area (Å²) in [5, 5.41) is 2.99. The van der Waals surface area contributed by atoms with Crippen LogP contribution in [0.3, 0.4) is 0 Å². The average molecular weight is 227 g/mol. The quantitative estimate of drug-likeness (QED) is 0.727. The number of carbonyl (C=O) groups is 1. The Hall–Kier alpha value is -0.610. The first-order chi connectivity index (χ1) is 7.63. The third kappa shape index (κ3) is 4.49. The highest BCUT2D eigenvalue weighted by molar-refractivity contribution is 5.76. The molecule has 1 heterocycles. The first-order valence-corrected chi connectivity index (χ1v) is 6.36. The maximum atomic E-state index is 11.6. The Balaban J connectivity index is 2.20. The Labute approximate surface area is 98.6 Å². The Morgan fingerprint density at radius 3 is 2.94 bits per heavy atom. The molecule has 0 bridgehead atoms. The molecule has 0 aliphatic carbocycles. The average Bonchev–Trinajstić information content (AvgIpc) is 2.28. The number of nitrogens with one attached hydrogen (secondary N) is 1. The van der Waals surface area contributed by atoms with E-state index in [-0.39, 0.29) is 11.9 Å². The van der Waals surface area contributed by atoms with Crippen molar-refractivity contribution in [1.29, 1.82) is 0 Å². The zero-order valence-electron chi connectivity index (χ0n) is 10.5. The summed E-state index contributed by atoms with van der Waals surface area (Å²) in [5.74, 6) is 0.0910. The zero-order valence-corrected chi connectivity index (χ0v) is 10.5. The van der Waals surface area contributed by atoms with Crippen molar-refractivity contribution in [3.63, 3.8) is 0 Å². The minimum Gasteiger partial charge on any atom is -0.354 e. The first kappa shape index (κ1) is 13.5. The molecule has 0 spiro atoms. The van der Waals surface area contributed by atoms with E-state index in [1.54, 1.807) is 0 Å². The number of hydrogen-bond acceptors (Lipinski definition) is 3. The minimum atomic E-state index is 0.00378. The number of nitrogens with zero attached hydrogens (tertiary/aromatic N) is 1. The van der Waals surface area contributed by atoms with Crippen molar-refractivity contribution in [3.05, 3.63) is 0 Å². The first-order valence-electron chi connectivity index (χ1n) is 6.36. The van der Waals surface area contributed by atoms with Gasteiger partial charge in [-0.3, -0.25) is 4.79 Å². The molecular formula is C12H25N3O. The van der Waals surface area contributed by atoms with Crippen LogP contribution < -0.4 is 11.1 Å². The number of likely N-dealkylation sites (N-methyl/N-ethyl adjacent to an activating group) is 1. The minimum absolute atomic E-state index is 0.00378. The van der Waals surface area contributed by atoms with E-state index in [9.17, 15) is 4.79 Å². The van der Waals surface area contributed by atoms with Crippen molar-refractivity contribution >= 4 is 5.91 Å². The van der Waals surface area contributed by atoms with Crippen LogP contribution in [0.2, 0.25) is 0 Å². The summed E-state index contributed by atoms with van der Waals surface area (Å²) in [7, 11) is 2.13. The Morgan fingerprint density at radius 1 is 1.56 bits per heavy atom. The highest BCUT2D eigenvalue weighted by atomic mass is 16.1. The van der Waals surface area contributed by atoms with Crippen molar-refractivity contribution in [2.24, 2.45) is 5.73 Å². The summed E-state index contributed by atoms with van der Waals surface area (Å²) in [5.41, 5.74) is 5.74. The van der Waals surface area contributed by atoms with Gasteiger partial charge in [-0.05, 0) is 32.9 Å². The molecule has 4 heteroatoms. The number of hydrogen-bond donors (Lipinski definition) is 2. The van der Waals surface area contributed by atoms with E-state index in [2.05, 4.69) is 17.3 Å². The molecule has 94 valence electrons. The van der Waals surface area contributed by atoms with Gasteiger partial charge in [0.05, 0.1) is 0 Å². The van der Waals surface area contributed by atoms with Crippen LogP contribution in [0.15, 0.2) is 0 Å². The molecule has 2 atom stereocenters. The molecule has 0 aromatic heterocycles. The molecule has 1 saturated heterocycles. The van der Waals surface area contributed by atoms with Crippen LogP contribution in [0.1, 0.15) is 39.0 Å². The summed E-state index contributed by atoms with van der Waals surface area (Å²) in [6, 6.07) is 0.514. The van der Waals surface area contributed by atoms with Gasteiger partial charge in [0.25, 0.3) is 0 Å². The fourth-order valence-electron chi connectivity index (χ4n) is 2.09. The van der Waals surface area contributed by atoms with Crippen LogP contribution in [-0.4, -0.2) is 43.0 Å². The normalized spacial score (nSPS) is 24.1. The van der Waals surface area contributed by atoms with Crippen LogP contribution in [0, 0.1) is 0 Å². The van der Waals surface area contributed by atoms with Gasteiger partial charge < -0.3 is 16.0 Å². The van der Waals surface area contributed by atoms with Gasteiger partial charge in [0.2, 0.25) is 5.91 Å². The molecule has 3 N–H and O–H groups in total. The molecule has 0 radical (unpaired) electrons. The second-order valence-electron chi connectivity index (χ2n) is 4.81. The third-order valence-corrected chi connectivity index (χ3v) is 3.43. The molecule has 1 aliphatic heterocycles. The summed E-state index contributed by atoms with van der Waals surface area (Å²) < 4.78 is 0. The molecule has 1 amide bonds. The lowest BCUT2D eigenvalue weighted by atomic mass is 10.0. The monoisotopic (exact) mass is 227 g/mol. The topological polar surface area (TPSA) is 58.4 Å². The van der Waals surface area contributed by atoms with Crippen LogP contribution in [0.25, 0.3) is 0 Å². The van der Waals surface area contributed by atoms with E-state index in [1.807, 2.05) is 6.92 Å². The predicted molar refractivity (Wildman–Crippen MR) is 66.2 cm³/mol. The van der Waals surface area contributed by atoms with E-state index in [4.69, 9.17) is 5.73 Å². The lowest BCUT2D eigenvalue weighted by Gasteiger charge is -2.32. The predicted octanol–water partition coefficient (Wildman–Crippen LogP) is 0.714. The summed E-state index contributed by atoms with van der Waals surface area (Å²) in [4.78, 5) is 13.9. The molecule has 1 rings (SSSR count). The van der Waals surface area contributed by atoms with Gasteiger partial charge in [-0.25, -0.2) is 0 Å². The maximum absolute atomic E-state index is 11.6. The van der Waals surface area contributed by atoms with Gasteiger partial charge in [-0.2, -0.15) is 0 Å². The lowest BCUT2D eigenvalue weighted by Crippen LogP contribution is -2.45. The number of piperidine rings is 1. The molecule has 0 aromatic carbocycles. The molecule has 4 nitrogen and oxygen atoms in total. The number of nitrogens with two attached hydrogens (primary N) is 1. The van der Waals surface area contributed by atoms with Crippen molar-refractivity contribution in [2.75, 3.05) is 20.1 Å². The summed E-state index contributed by atoms with van der Waals surface area (Å²) >= 11 is 0. The highest BCUT2D eigenvalue weighted by Crippen LogP contribution is 2.13. The Morgan fingerprint density at radius 2 is 2.31 bits per heavy atom. The molecule has 16 heavy (non-hydrogen) atoms. The van der Waals surface area contributed by atoms with Crippen LogP contribution >= 0.6 is 0 Å². The number of carbonyl (C=O) groups excluding carboxylic acids is 1. The molecule has 2 unspecified atom stereocenters. The summed E-state index contributed by atoms with van der Waals surface area (Å²) in [6.45, 7) is 3.92. The molecule has 0 saturated carbocycles. The van der Waals surface area contributed by atoms with Crippen molar-refractivity contribution in [1.82, 2.24) is 10.2 Å². The van der Waals surface area contributed by atoms with Gasteiger partial charge in [0.1, 0.15) is 0 Å². The smallest absolute Gasteiger partial charge is 0.221 e. The molecular weight excluding hydrogens is 202 g/mol. The van der Waals surface area contributed by atoms with Gasteiger partial charge in [-0.1, -0.05) is 13.3 Å². The van der Waals surface area contributed by atoms with Gasteiger partial charge in [0.15, 0.2) is 0 Å². The molecule has 0 aromatic rings. The van der Waals surface area contributed by atoms with Crippen molar-refractivity contribution in [2.45, 2.75) is 51.1 Å². The Bertz CT molecular complexity index is 220. The van der Waals surface area contributed by atoms with Crippen LogP contribution in [0.4, 0.5) is 0 Å². The van der Waals surface area contributed by atoms with Gasteiger partial charge in [0, 0.05) is 25.0 Å². The second kappa shape index (κ2) is 6.86. The standard InChI is InChI=1S/C12H25N3O/c1-3-10(13)8-12(16)14-9-11-6-4-5-7-15(11)2/h10-11H,3-9,13H2,1-2H3,(H,14,16). The lowest BCUT2D eigenvalue weighted by molar-refractivity contribution is -0.121. The van der Waals surface area contributed by atoms with E-state index >= 15 is 0 Å². The second-order valence-corrected chi connectivity index (χ2v) is 4.81. The van der Waals surface area contributed by atoms with E-state index in [0.717, 1.165) is 19.5 Å². The largest absolute Gasteiger partial charge is 0.354 e. The third-order valence-electron chi connectivity index (χ3n) is 3.43. The maximum Gasteiger partial charge on any atom is 0.221 e. The highest BCUT2D eigenvalue weighted by Gasteiger charge is 2.19. The fourth-order valence-corrected chi connectivity index (χ4v) is 2.09. The number of rotatable bonds is 5. The number of amides is 1. The van der Waals surface area contributed by atoms with Crippen molar-refractivity contribution < 1.29 is 4.79 Å².